The van der Waals surface area contributed by atoms with Gasteiger partial charge in [0, 0.05) is 56.4 Å². The summed E-state index contributed by atoms with van der Waals surface area (Å²) in [6.07, 6.45) is 4.75. The number of rotatable bonds is 10. The van der Waals surface area contributed by atoms with Gasteiger partial charge in [0.1, 0.15) is 5.82 Å². The number of para-hydroxylation sites is 1. The average Bonchev–Trinajstić information content (AvgIpc) is 3.05. The number of hydrogen-bond acceptors (Lipinski definition) is 7. The second-order valence-electron chi connectivity index (χ2n) is 14.1. The van der Waals surface area contributed by atoms with Crippen molar-refractivity contribution >= 4 is 28.7 Å². The minimum Gasteiger partial charge on any atom is -0.465 e. The third-order valence-electron chi connectivity index (χ3n) is 9.34. The lowest BCUT2D eigenvalue weighted by atomic mass is 9.81. The zero-order valence-electron chi connectivity index (χ0n) is 28.0. The molecule has 0 bridgehead atoms. The molecule has 2 aromatic heterocycles. The molecule has 0 spiro atoms. The van der Waals surface area contributed by atoms with Gasteiger partial charge in [-0.15, -0.1) is 0 Å². The van der Waals surface area contributed by atoms with E-state index in [4.69, 9.17) is 14.7 Å². The van der Waals surface area contributed by atoms with Gasteiger partial charge in [-0.1, -0.05) is 18.2 Å². The summed E-state index contributed by atoms with van der Waals surface area (Å²) in [5.74, 6) is 1.53. The highest BCUT2D eigenvalue weighted by molar-refractivity contribution is 6.07. The van der Waals surface area contributed by atoms with Gasteiger partial charge in [0.15, 0.2) is 0 Å². The monoisotopic (exact) mass is 630 g/mol. The third kappa shape index (κ3) is 8.73. The fourth-order valence-electron chi connectivity index (χ4n) is 6.41. The maximum absolute atomic E-state index is 13.6. The van der Waals surface area contributed by atoms with E-state index in [2.05, 4.69) is 22.2 Å². The van der Waals surface area contributed by atoms with Crippen molar-refractivity contribution in [2.24, 2.45) is 11.8 Å². The second-order valence-corrected chi connectivity index (χ2v) is 14.1. The van der Waals surface area contributed by atoms with Crippen LogP contribution in [-0.4, -0.2) is 101 Å². The Bertz CT molecular complexity index is 1470. The molecule has 1 saturated heterocycles. The Hall–Kier alpha value is -3.76. The number of hydrogen-bond donors (Lipinski definition) is 2. The number of aromatic nitrogens is 2. The molecule has 1 aliphatic heterocycles. The van der Waals surface area contributed by atoms with Crippen molar-refractivity contribution in [2.75, 3.05) is 57.8 Å². The van der Waals surface area contributed by atoms with E-state index in [0.29, 0.717) is 37.1 Å². The number of anilines is 1. The van der Waals surface area contributed by atoms with Crippen LogP contribution in [-0.2, 0) is 4.74 Å². The summed E-state index contributed by atoms with van der Waals surface area (Å²) in [5, 5.41) is 13.9. The van der Waals surface area contributed by atoms with E-state index in [1.807, 2.05) is 76.4 Å². The highest BCUT2D eigenvalue weighted by atomic mass is 16.5. The molecule has 2 aliphatic rings. The number of amides is 2. The number of carboxylic acid groups (broad SMARTS) is 1. The van der Waals surface area contributed by atoms with Crippen LogP contribution in [0, 0.1) is 11.8 Å². The van der Waals surface area contributed by atoms with Crippen LogP contribution in [0.1, 0.15) is 63.7 Å². The Labute approximate surface area is 273 Å². The fourth-order valence-corrected chi connectivity index (χ4v) is 6.41. The molecule has 10 nitrogen and oxygen atoms in total. The summed E-state index contributed by atoms with van der Waals surface area (Å²) in [6, 6.07) is 13.5. The van der Waals surface area contributed by atoms with Gasteiger partial charge >= 0.3 is 6.09 Å². The number of fused-ring (bicyclic) bond motifs is 1. The smallest absolute Gasteiger partial charge is 0.407 e. The highest BCUT2D eigenvalue weighted by Crippen LogP contribution is 2.30. The quantitative estimate of drug-likeness (QED) is 0.291. The molecule has 1 unspecified atom stereocenters. The molecule has 2 N–H and O–H groups in total. The first-order valence-corrected chi connectivity index (χ1v) is 16.7. The molecule has 10 heteroatoms. The zero-order valence-corrected chi connectivity index (χ0v) is 28.0. The number of ether oxygens (including phenoxy) is 1. The predicted molar refractivity (Wildman–Crippen MR) is 182 cm³/mol. The van der Waals surface area contributed by atoms with Gasteiger partial charge in [-0.3, -0.25) is 4.79 Å². The van der Waals surface area contributed by atoms with Gasteiger partial charge < -0.3 is 29.9 Å². The number of nitrogens with one attached hydrogen (secondary N) is 1. The van der Waals surface area contributed by atoms with Gasteiger partial charge in [-0.05, 0) is 96.5 Å². The Morgan fingerprint density at radius 2 is 1.74 bits per heavy atom. The van der Waals surface area contributed by atoms with Crippen LogP contribution < -0.4 is 10.2 Å². The first-order valence-electron chi connectivity index (χ1n) is 16.7. The van der Waals surface area contributed by atoms with E-state index in [1.165, 1.54) is 4.90 Å². The number of carbonyl (C=O) groups excluding carboxylic acids is 1. The lowest BCUT2D eigenvalue weighted by Gasteiger charge is -2.35. The molecule has 5 rings (SSSR count). The van der Waals surface area contributed by atoms with Crippen molar-refractivity contribution in [2.45, 2.75) is 65.0 Å². The number of likely N-dealkylation sites (N-methyl/N-ethyl adjacent to an activating group) is 1. The van der Waals surface area contributed by atoms with Crippen LogP contribution in [0.25, 0.3) is 22.2 Å². The first-order chi connectivity index (χ1) is 22.0. The fraction of sp³-hybridized carbons (Fsp3) is 0.556. The molecule has 0 radical (unpaired) electrons. The maximum atomic E-state index is 13.6. The summed E-state index contributed by atoms with van der Waals surface area (Å²) in [6.45, 7) is 13.3. The van der Waals surface area contributed by atoms with E-state index >= 15 is 0 Å². The third-order valence-corrected chi connectivity index (χ3v) is 9.34. The summed E-state index contributed by atoms with van der Waals surface area (Å²) < 4.78 is 5.85. The van der Waals surface area contributed by atoms with Crippen molar-refractivity contribution in [3.8, 4) is 11.3 Å². The highest BCUT2D eigenvalue weighted by Gasteiger charge is 2.28. The van der Waals surface area contributed by atoms with Crippen molar-refractivity contribution < 1.29 is 19.4 Å². The van der Waals surface area contributed by atoms with E-state index in [0.717, 1.165) is 79.8 Å². The Morgan fingerprint density at radius 3 is 2.39 bits per heavy atom. The minimum absolute atomic E-state index is 0.103. The van der Waals surface area contributed by atoms with Gasteiger partial charge in [0.2, 0.25) is 0 Å². The van der Waals surface area contributed by atoms with Gasteiger partial charge in [0.05, 0.1) is 35.0 Å². The van der Waals surface area contributed by atoms with Crippen LogP contribution in [0.5, 0.6) is 0 Å². The molecule has 3 aromatic rings. The van der Waals surface area contributed by atoms with Gasteiger partial charge in [-0.25, -0.2) is 14.8 Å². The molecule has 46 heavy (non-hydrogen) atoms. The van der Waals surface area contributed by atoms with E-state index in [-0.39, 0.29) is 17.6 Å². The molecular formula is C36H50N6O4. The standard InChI is InChI=1S/C36H50N6O4/c1-25(24-46-36(2,3)4)42(35(44)45)23-27-12-10-26(11-13-27)21-38-34(43)30-20-32(39-31-9-7-6-8-29(30)31)28-14-15-33(37-22-28)41-18-16-40(5)17-19-41/h6-9,14-15,20,22,25-27H,10-13,16-19,21,23-24H2,1-5H3,(H,38,43)(H,44,45). The SMILES string of the molecule is CC(COC(C)(C)C)N(CC1CCC(CNC(=O)c2cc(-c3ccc(N4CCN(C)CC4)nc3)nc3ccccc23)CC1)C(=O)O. The summed E-state index contributed by atoms with van der Waals surface area (Å²) >= 11 is 0. The van der Waals surface area contributed by atoms with Crippen molar-refractivity contribution in [1.82, 2.24) is 25.1 Å². The first kappa shape index (κ1) is 33.6. The molecule has 2 amide bonds. The van der Waals surface area contributed by atoms with Crippen molar-refractivity contribution in [3.63, 3.8) is 0 Å². The van der Waals surface area contributed by atoms with Crippen LogP contribution in [0.4, 0.5) is 10.6 Å². The minimum atomic E-state index is -0.898. The summed E-state index contributed by atoms with van der Waals surface area (Å²) in [4.78, 5) is 41.4. The molecule has 248 valence electrons. The van der Waals surface area contributed by atoms with Crippen molar-refractivity contribution in [3.05, 3.63) is 54.2 Å². The van der Waals surface area contributed by atoms with Gasteiger partial charge in [0.25, 0.3) is 5.91 Å². The van der Waals surface area contributed by atoms with Crippen LogP contribution in [0.15, 0.2) is 48.7 Å². The van der Waals surface area contributed by atoms with Crippen molar-refractivity contribution in [1.29, 1.82) is 0 Å². The number of pyridine rings is 2. The molecule has 1 atom stereocenters. The largest absolute Gasteiger partial charge is 0.465 e. The number of carbonyl (C=O) groups is 2. The van der Waals surface area contributed by atoms with E-state index in [1.54, 1.807) is 0 Å². The molecule has 2 fully saturated rings. The summed E-state index contributed by atoms with van der Waals surface area (Å²) in [5.41, 5.74) is 2.69. The average molecular weight is 631 g/mol. The number of nitrogens with zero attached hydrogens (tertiary/aromatic N) is 5. The second kappa shape index (κ2) is 14.8. The number of piperazine rings is 1. The van der Waals surface area contributed by atoms with Gasteiger partial charge in [-0.2, -0.15) is 0 Å². The normalized spacial score (nSPS) is 20.0. The Balaban J connectivity index is 1.19. The molecule has 1 saturated carbocycles. The topological polar surface area (TPSA) is 111 Å². The van der Waals surface area contributed by atoms with Crippen LogP contribution >= 0.6 is 0 Å². The lowest BCUT2D eigenvalue weighted by Crippen LogP contribution is -2.45. The van der Waals surface area contributed by atoms with E-state index in [9.17, 15) is 14.7 Å². The Kier molecular flexibility index (Phi) is 10.8. The van der Waals surface area contributed by atoms with Crippen LogP contribution in [0.3, 0.4) is 0 Å². The predicted octanol–water partition coefficient (Wildman–Crippen LogP) is 5.77. The summed E-state index contributed by atoms with van der Waals surface area (Å²) in [7, 11) is 2.14. The maximum Gasteiger partial charge on any atom is 0.407 e. The molecule has 3 heterocycles. The van der Waals surface area contributed by atoms with Crippen LogP contribution in [0.2, 0.25) is 0 Å². The van der Waals surface area contributed by atoms with E-state index < -0.39 is 6.09 Å². The molecular weight excluding hydrogens is 580 g/mol. The molecule has 1 aliphatic carbocycles. The zero-order chi connectivity index (χ0) is 32.8. The molecule has 1 aromatic carbocycles. The Morgan fingerprint density at radius 1 is 1.04 bits per heavy atom. The lowest BCUT2D eigenvalue weighted by molar-refractivity contribution is -0.0314. The number of benzene rings is 1.